The Morgan fingerprint density at radius 1 is 1.40 bits per heavy atom. The molecule has 0 radical (unpaired) electrons. The summed E-state index contributed by atoms with van der Waals surface area (Å²) in [6, 6.07) is 4.35. The Kier molecular flexibility index (Phi) is 7.00. The molecule has 2 rings (SSSR count). The zero-order valence-corrected chi connectivity index (χ0v) is 15.6. The average Bonchev–Trinajstić information content (AvgIpc) is 2.96. The SMILES string of the molecule is CCCC[C@H](CC)CNC(=O)c1c(-c2c(F)cccc2Cl)noc1C. The Morgan fingerprint density at radius 2 is 2.16 bits per heavy atom. The first-order valence-electron chi connectivity index (χ1n) is 8.68. The van der Waals surface area contributed by atoms with Gasteiger partial charge in [0.25, 0.3) is 5.91 Å². The van der Waals surface area contributed by atoms with Crippen LogP contribution >= 0.6 is 11.6 Å². The lowest BCUT2D eigenvalue weighted by Gasteiger charge is -2.15. The molecule has 0 aliphatic heterocycles. The standard InChI is InChI=1S/C19H24ClFN2O2/c1-4-6-8-13(5-2)11-22-19(24)16-12(3)25-23-18(16)17-14(20)9-7-10-15(17)21/h7,9-10,13H,4-6,8,11H2,1-3H3,(H,22,24)/t13-/m0/s1. The molecule has 2 aromatic rings. The summed E-state index contributed by atoms with van der Waals surface area (Å²) in [5.74, 6) is -0.0924. The molecular formula is C19H24ClFN2O2. The van der Waals surface area contributed by atoms with Crippen LogP contribution in [0.25, 0.3) is 11.3 Å². The number of nitrogens with one attached hydrogen (secondary N) is 1. The quantitative estimate of drug-likeness (QED) is 0.681. The molecule has 1 N–H and O–H groups in total. The molecule has 0 spiro atoms. The summed E-state index contributed by atoms with van der Waals surface area (Å²) < 4.78 is 19.3. The minimum atomic E-state index is -0.538. The molecule has 1 amide bonds. The van der Waals surface area contributed by atoms with Crippen LogP contribution in [0.3, 0.4) is 0 Å². The topological polar surface area (TPSA) is 55.1 Å². The summed E-state index contributed by atoms with van der Waals surface area (Å²) >= 11 is 6.10. The van der Waals surface area contributed by atoms with Crippen molar-refractivity contribution in [3.8, 4) is 11.3 Å². The Hall–Kier alpha value is -1.88. The van der Waals surface area contributed by atoms with Gasteiger partial charge in [0, 0.05) is 6.54 Å². The van der Waals surface area contributed by atoms with E-state index < -0.39 is 5.82 Å². The maximum Gasteiger partial charge on any atom is 0.257 e. The Labute approximate surface area is 152 Å². The van der Waals surface area contributed by atoms with E-state index in [0.717, 1.165) is 25.7 Å². The minimum absolute atomic E-state index is 0.0872. The van der Waals surface area contributed by atoms with Crippen LogP contribution in [0.1, 0.15) is 55.6 Å². The fraction of sp³-hybridized carbons (Fsp3) is 0.474. The van der Waals surface area contributed by atoms with E-state index in [1.807, 2.05) is 0 Å². The predicted octanol–water partition coefficient (Wildman–Crippen LogP) is 5.39. The number of hydrogen-bond donors (Lipinski definition) is 1. The average molecular weight is 367 g/mol. The van der Waals surface area contributed by atoms with Gasteiger partial charge < -0.3 is 9.84 Å². The number of halogens is 2. The zero-order chi connectivity index (χ0) is 18.4. The molecule has 1 aromatic carbocycles. The molecule has 0 saturated carbocycles. The molecule has 25 heavy (non-hydrogen) atoms. The highest BCUT2D eigenvalue weighted by molar-refractivity contribution is 6.33. The van der Waals surface area contributed by atoms with Crippen LogP contribution in [0, 0.1) is 18.7 Å². The van der Waals surface area contributed by atoms with E-state index in [4.69, 9.17) is 16.1 Å². The molecular weight excluding hydrogens is 343 g/mol. The van der Waals surface area contributed by atoms with Gasteiger partial charge in [-0.3, -0.25) is 4.79 Å². The molecule has 0 bridgehead atoms. The third-order valence-electron chi connectivity index (χ3n) is 4.38. The number of nitrogens with zero attached hydrogens (tertiary/aromatic N) is 1. The molecule has 0 aliphatic rings. The first-order valence-corrected chi connectivity index (χ1v) is 9.06. The number of aromatic nitrogens is 1. The highest BCUT2D eigenvalue weighted by Crippen LogP contribution is 2.33. The third-order valence-corrected chi connectivity index (χ3v) is 4.70. The normalized spacial score (nSPS) is 12.2. The van der Waals surface area contributed by atoms with Crippen molar-refractivity contribution < 1.29 is 13.7 Å². The number of hydrogen-bond acceptors (Lipinski definition) is 3. The molecule has 1 heterocycles. The lowest BCUT2D eigenvalue weighted by atomic mass is 9.99. The number of amides is 1. The lowest BCUT2D eigenvalue weighted by molar-refractivity contribution is 0.0945. The van der Waals surface area contributed by atoms with E-state index in [1.165, 1.54) is 12.1 Å². The Bertz CT molecular complexity index is 710. The summed E-state index contributed by atoms with van der Waals surface area (Å²) in [6.07, 6.45) is 4.33. The number of rotatable bonds is 8. The number of benzene rings is 1. The second-order valence-corrected chi connectivity index (χ2v) is 6.59. The van der Waals surface area contributed by atoms with Gasteiger partial charge in [-0.1, -0.05) is 55.9 Å². The zero-order valence-electron chi connectivity index (χ0n) is 14.9. The summed E-state index contributed by atoms with van der Waals surface area (Å²) in [7, 11) is 0. The van der Waals surface area contributed by atoms with Crippen LogP contribution in [-0.2, 0) is 0 Å². The van der Waals surface area contributed by atoms with Crippen molar-refractivity contribution in [3.05, 3.63) is 40.4 Å². The molecule has 6 heteroatoms. The van der Waals surface area contributed by atoms with Crippen LogP contribution in [-0.4, -0.2) is 17.6 Å². The van der Waals surface area contributed by atoms with Crippen LogP contribution in [0.5, 0.6) is 0 Å². The molecule has 0 aliphatic carbocycles. The van der Waals surface area contributed by atoms with Gasteiger partial charge in [-0.05, 0) is 31.4 Å². The largest absolute Gasteiger partial charge is 0.360 e. The summed E-state index contributed by atoms with van der Waals surface area (Å²) in [5, 5.41) is 6.99. The summed E-state index contributed by atoms with van der Waals surface area (Å²) in [5.41, 5.74) is 0.459. The molecule has 0 fully saturated rings. The van der Waals surface area contributed by atoms with E-state index in [-0.39, 0.29) is 27.8 Å². The number of carbonyl (C=O) groups is 1. The Morgan fingerprint density at radius 3 is 2.80 bits per heavy atom. The molecule has 136 valence electrons. The predicted molar refractivity (Wildman–Crippen MR) is 97.3 cm³/mol. The molecule has 0 unspecified atom stereocenters. The minimum Gasteiger partial charge on any atom is -0.360 e. The molecule has 4 nitrogen and oxygen atoms in total. The maximum atomic E-state index is 14.2. The van der Waals surface area contributed by atoms with Gasteiger partial charge in [0.1, 0.15) is 22.8 Å². The monoisotopic (exact) mass is 366 g/mol. The van der Waals surface area contributed by atoms with E-state index in [1.54, 1.807) is 13.0 Å². The van der Waals surface area contributed by atoms with Gasteiger partial charge >= 0.3 is 0 Å². The lowest BCUT2D eigenvalue weighted by Crippen LogP contribution is -2.29. The first-order chi connectivity index (χ1) is 12.0. The van der Waals surface area contributed by atoms with E-state index in [0.29, 0.717) is 18.2 Å². The Balaban J connectivity index is 2.22. The van der Waals surface area contributed by atoms with Crippen molar-refractivity contribution in [1.29, 1.82) is 0 Å². The first kappa shape index (κ1) is 19.4. The van der Waals surface area contributed by atoms with Gasteiger partial charge in [0.15, 0.2) is 0 Å². The van der Waals surface area contributed by atoms with Crippen molar-refractivity contribution in [1.82, 2.24) is 10.5 Å². The van der Waals surface area contributed by atoms with Gasteiger partial charge in [-0.2, -0.15) is 0 Å². The molecule has 0 saturated heterocycles. The van der Waals surface area contributed by atoms with Crippen molar-refractivity contribution in [2.75, 3.05) is 6.54 Å². The van der Waals surface area contributed by atoms with Crippen LogP contribution < -0.4 is 5.32 Å². The van der Waals surface area contributed by atoms with Crippen molar-refractivity contribution in [2.24, 2.45) is 5.92 Å². The summed E-state index contributed by atoms with van der Waals surface area (Å²) in [4.78, 5) is 12.7. The smallest absolute Gasteiger partial charge is 0.257 e. The van der Waals surface area contributed by atoms with Crippen molar-refractivity contribution in [2.45, 2.75) is 46.5 Å². The van der Waals surface area contributed by atoms with E-state index in [9.17, 15) is 9.18 Å². The maximum absolute atomic E-state index is 14.2. The van der Waals surface area contributed by atoms with Crippen molar-refractivity contribution in [3.63, 3.8) is 0 Å². The second-order valence-electron chi connectivity index (χ2n) is 6.19. The van der Waals surface area contributed by atoms with Crippen molar-refractivity contribution >= 4 is 17.5 Å². The third kappa shape index (κ3) is 4.60. The van der Waals surface area contributed by atoms with Crippen LogP contribution in [0.15, 0.2) is 22.7 Å². The number of carbonyl (C=O) groups excluding carboxylic acids is 1. The van der Waals surface area contributed by atoms with Crippen LogP contribution in [0.4, 0.5) is 4.39 Å². The highest BCUT2D eigenvalue weighted by Gasteiger charge is 2.25. The molecule has 1 aromatic heterocycles. The van der Waals surface area contributed by atoms with Gasteiger partial charge in [-0.25, -0.2) is 4.39 Å². The fourth-order valence-corrected chi connectivity index (χ4v) is 3.06. The fourth-order valence-electron chi connectivity index (χ4n) is 2.80. The van der Waals surface area contributed by atoms with Gasteiger partial charge in [0.2, 0.25) is 0 Å². The second kappa shape index (κ2) is 8.99. The highest BCUT2D eigenvalue weighted by atomic mass is 35.5. The van der Waals surface area contributed by atoms with E-state index in [2.05, 4.69) is 24.3 Å². The van der Waals surface area contributed by atoms with Gasteiger partial charge in [-0.15, -0.1) is 0 Å². The molecule has 1 atom stereocenters. The van der Waals surface area contributed by atoms with E-state index >= 15 is 0 Å². The van der Waals surface area contributed by atoms with Gasteiger partial charge in [0.05, 0.1) is 10.6 Å². The summed E-state index contributed by atoms with van der Waals surface area (Å²) in [6.45, 7) is 6.47. The number of unbranched alkanes of at least 4 members (excludes halogenated alkanes) is 1. The number of aryl methyl sites for hydroxylation is 1. The van der Waals surface area contributed by atoms with Crippen LogP contribution in [0.2, 0.25) is 5.02 Å².